The molecule has 0 saturated carbocycles. The first-order chi connectivity index (χ1) is 13.0. The Bertz CT molecular complexity index is 837. The third-order valence-corrected chi connectivity index (χ3v) is 6.59. The number of sulfone groups is 1. The lowest BCUT2D eigenvalue weighted by Crippen LogP contribution is -2.38. The van der Waals surface area contributed by atoms with Gasteiger partial charge in [-0.25, -0.2) is 12.8 Å². The molecule has 0 N–H and O–H groups in total. The normalized spacial score (nSPS) is 20.4. The quantitative estimate of drug-likeness (QED) is 0.720. The van der Waals surface area contributed by atoms with E-state index in [0.717, 1.165) is 18.4 Å². The van der Waals surface area contributed by atoms with E-state index in [4.69, 9.17) is 9.47 Å². The van der Waals surface area contributed by atoms with Crippen LogP contribution < -0.4 is 4.74 Å². The van der Waals surface area contributed by atoms with Crippen LogP contribution in [0.2, 0.25) is 0 Å². The molecule has 2 unspecified atom stereocenters. The predicted octanol–water partition coefficient (Wildman–Crippen LogP) is 3.50. The van der Waals surface area contributed by atoms with Gasteiger partial charge in [-0.05, 0) is 49.2 Å². The Morgan fingerprint density at radius 2 is 2.00 bits per heavy atom. The molecule has 2 atom stereocenters. The molecular weight excluding hydrogens is 369 g/mol. The molecule has 0 aliphatic carbocycles. The summed E-state index contributed by atoms with van der Waals surface area (Å²) in [5, 5.41) is 0. The van der Waals surface area contributed by atoms with Crippen LogP contribution in [-0.2, 0) is 14.6 Å². The predicted molar refractivity (Wildman–Crippen MR) is 102 cm³/mol. The number of benzene rings is 1. The van der Waals surface area contributed by atoms with Crippen LogP contribution in [0.3, 0.4) is 0 Å². The summed E-state index contributed by atoms with van der Waals surface area (Å²) >= 11 is 0. The zero-order chi connectivity index (χ0) is 19.3. The van der Waals surface area contributed by atoms with E-state index in [1.165, 1.54) is 12.3 Å². The number of nitrogens with zero attached hydrogens (tertiary/aromatic N) is 1. The van der Waals surface area contributed by atoms with Crippen LogP contribution in [0, 0.1) is 11.7 Å². The van der Waals surface area contributed by atoms with Crippen molar-refractivity contribution in [2.75, 3.05) is 24.7 Å². The average molecular weight is 393 g/mol. The van der Waals surface area contributed by atoms with Gasteiger partial charge >= 0.3 is 0 Å². The van der Waals surface area contributed by atoms with E-state index in [1.807, 2.05) is 24.3 Å². The van der Waals surface area contributed by atoms with Gasteiger partial charge in [-0.3, -0.25) is 4.98 Å². The second-order valence-corrected chi connectivity index (χ2v) is 9.11. The molecule has 1 saturated heterocycles. The highest BCUT2D eigenvalue weighted by molar-refractivity contribution is 7.91. The van der Waals surface area contributed by atoms with Crippen molar-refractivity contribution in [3.8, 4) is 17.0 Å². The van der Waals surface area contributed by atoms with Gasteiger partial charge in [-0.15, -0.1) is 0 Å². The van der Waals surface area contributed by atoms with Crippen molar-refractivity contribution in [3.63, 3.8) is 0 Å². The number of hydrogen-bond acceptors (Lipinski definition) is 5. The summed E-state index contributed by atoms with van der Waals surface area (Å²) in [6.45, 7) is 2.62. The highest BCUT2D eigenvalue weighted by Crippen LogP contribution is 2.25. The Balaban J connectivity index is 1.60. The third kappa shape index (κ3) is 5.49. The molecule has 2 heterocycles. The highest BCUT2D eigenvalue weighted by Gasteiger charge is 2.30. The zero-order valence-corrected chi connectivity index (χ0v) is 16.1. The van der Waals surface area contributed by atoms with E-state index in [-0.39, 0.29) is 29.3 Å². The van der Waals surface area contributed by atoms with Crippen LogP contribution in [0.4, 0.5) is 4.39 Å². The van der Waals surface area contributed by atoms with Crippen molar-refractivity contribution in [2.24, 2.45) is 5.92 Å². The number of halogens is 1. The van der Waals surface area contributed by atoms with Crippen LogP contribution in [-0.4, -0.2) is 44.2 Å². The standard InChI is InChI=1S/C20H24FNO4S/c1-2-27(23,24)14-16-4-3-11-25-20(16)13-26-18-8-5-15(6-9-18)19-10-7-17(21)12-22-19/h5-10,12,16,20H,2-4,11,13-14H2,1H3. The molecule has 0 bridgehead atoms. The molecule has 1 fully saturated rings. The number of hydrogen-bond donors (Lipinski definition) is 0. The molecule has 27 heavy (non-hydrogen) atoms. The van der Waals surface area contributed by atoms with Crippen LogP contribution >= 0.6 is 0 Å². The molecule has 7 heteroatoms. The van der Waals surface area contributed by atoms with E-state index >= 15 is 0 Å². The summed E-state index contributed by atoms with van der Waals surface area (Å²) < 4.78 is 48.5. The van der Waals surface area contributed by atoms with Crippen LogP contribution in [0.25, 0.3) is 11.3 Å². The molecule has 3 rings (SSSR count). The van der Waals surface area contributed by atoms with Gasteiger partial charge in [-0.1, -0.05) is 6.92 Å². The number of rotatable bonds is 7. The van der Waals surface area contributed by atoms with E-state index < -0.39 is 9.84 Å². The fraction of sp³-hybridized carbons (Fsp3) is 0.450. The Morgan fingerprint density at radius 3 is 2.67 bits per heavy atom. The van der Waals surface area contributed by atoms with Gasteiger partial charge in [0.05, 0.1) is 23.7 Å². The SMILES string of the molecule is CCS(=O)(=O)CC1CCCOC1COc1ccc(-c2ccc(F)cn2)cc1. The van der Waals surface area contributed by atoms with Gasteiger partial charge in [0.1, 0.15) is 28.0 Å². The van der Waals surface area contributed by atoms with Gasteiger partial charge in [0, 0.05) is 23.8 Å². The maximum atomic E-state index is 13.0. The summed E-state index contributed by atoms with van der Waals surface area (Å²) in [6.07, 6.45) is 2.67. The fourth-order valence-corrected chi connectivity index (χ4v) is 4.44. The van der Waals surface area contributed by atoms with Crippen molar-refractivity contribution in [3.05, 3.63) is 48.4 Å². The minimum atomic E-state index is -3.04. The second kappa shape index (κ2) is 8.80. The number of pyridine rings is 1. The van der Waals surface area contributed by atoms with Gasteiger partial charge in [-0.2, -0.15) is 0 Å². The van der Waals surface area contributed by atoms with Crippen molar-refractivity contribution in [2.45, 2.75) is 25.9 Å². The van der Waals surface area contributed by atoms with Gasteiger partial charge in [0.2, 0.25) is 0 Å². The number of aromatic nitrogens is 1. The maximum Gasteiger partial charge on any atom is 0.150 e. The highest BCUT2D eigenvalue weighted by atomic mass is 32.2. The Kier molecular flexibility index (Phi) is 6.44. The minimum absolute atomic E-state index is 0.0358. The van der Waals surface area contributed by atoms with Crippen LogP contribution in [0.15, 0.2) is 42.6 Å². The molecule has 1 aliphatic heterocycles. The van der Waals surface area contributed by atoms with Crippen molar-refractivity contribution >= 4 is 9.84 Å². The largest absolute Gasteiger partial charge is 0.491 e. The van der Waals surface area contributed by atoms with Crippen molar-refractivity contribution in [1.29, 1.82) is 0 Å². The Hall–Kier alpha value is -1.99. The van der Waals surface area contributed by atoms with Gasteiger partial charge in [0.15, 0.2) is 0 Å². The van der Waals surface area contributed by atoms with E-state index in [9.17, 15) is 12.8 Å². The number of ether oxygens (including phenoxy) is 2. The van der Waals surface area contributed by atoms with Crippen LogP contribution in [0.1, 0.15) is 19.8 Å². The lowest BCUT2D eigenvalue weighted by Gasteiger charge is -2.31. The van der Waals surface area contributed by atoms with Gasteiger partial charge in [0.25, 0.3) is 0 Å². The zero-order valence-electron chi connectivity index (χ0n) is 15.3. The summed E-state index contributed by atoms with van der Waals surface area (Å²) in [4.78, 5) is 4.06. The van der Waals surface area contributed by atoms with E-state index in [0.29, 0.717) is 24.7 Å². The van der Waals surface area contributed by atoms with E-state index in [2.05, 4.69) is 4.98 Å². The van der Waals surface area contributed by atoms with Crippen molar-refractivity contribution in [1.82, 2.24) is 4.98 Å². The monoisotopic (exact) mass is 393 g/mol. The maximum absolute atomic E-state index is 13.0. The summed E-state index contributed by atoms with van der Waals surface area (Å²) in [5.74, 6) is 0.562. The lowest BCUT2D eigenvalue weighted by molar-refractivity contribution is -0.0428. The minimum Gasteiger partial charge on any atom is -0.491 e. The Labute approximate surface area is 159 Å². The Morgan fingerprint density at radius 1 is 1.22 bits per heavy atom. The molecule has 2 aromatic rings. The average Bonchev–Trinajstić information content (AvgIpc) is 2.68. The van der Waals surface area contributed by atoms with Crippen LogP contribution in [0.5, 0.6) is 5.75 Å². The summed E-state index contributed by atoms with van der Waals surface area (Å²) in [7, 11) is -3.04. The van der Waals surface area contributed by atoms with Crippen molar-refractivity contribution < 1.29 is 22.3 Å². The molecule has 1 aromatic heterocycles. The topological polar surface area (TPSA) is 65.5 Å². The van der Waals surface area contributed by atoms with E-state index in [1.54, 1.807) is 13.0 Å². The first kappa shape index (κ1) is 19.8. The molecule has 0 spiro atoms. The molecular formula is C20H24FNO4S. The third-order valence-electron chi connectivity index (χ3n) is 4.78. The molecule has 1 aromatic carbocycles. The molecule has 146 valence electrons. The lowest BCUT2D eigenvalue weighted by atomic mass is 9.97. The summed E-state index contributed by atoms with van der Waals surface area (Å²) in [5.41, 5.74) is 1.55. The smallest absolute Gasteiger partial charge is 0.150 e. The first-order valence-corrected chi connectivity index (χ1v) is 11.0. The second-order valence-electron chi connectivity index (χ2n) is 6.71. The fourth-order valence-electron chi connectivity index (χ4n) is 3.17. The molecule has 1 aliphatic rings. The molecule has 5 nitrogen and oxygen atoms in total. The summed E-state index contributed by atoms with van der Waals surface area (Å²) in [6, 6.07) is 10.4. The first-order valence-electron chi connectivity index (χ1n) is 9.13. The molecule has 0 radical (unpaired) electrons. The molecule has 0 amide bonds. The van der Waals surface area contributed by atoms with Gasteiger partial charge < -0.3 is 9.47 Å².